The van der Waals surface area contributed by atoms with Gasteiger partial charge < -0.3 is 10.2 Å². The molecule has 0 bridgehead atoms. The van der Waals surface area contributed by atoms with Crippen LogP contribution in [0.5, 0.6) is 0 Å². The van der Waals surface area contributed by atoms with E-state index in [1.807, 2.05) is 18.7 Å². The highest BCUT2D eigenvalue weighted by atomic mass is 16.2. The summed E-state index contributed by atoms with van der Waals surface area (Å²) in [5.74, 6) is -0.0746. The van der Waals surface area contributed by atoms with Crippen molar-refractivity contribution in [3.05, 3.63) is 0 Å². The lowest BCUT2D eigenvalue weighted by Gasteiger charge is -2.34. The Morgan fingerprint density at radius 2 is 1.95 bits per heavy atom. The van der Waals surface area contributed by atoms with Crippen molar-refractivity contribution in [3.63, 3.8) is 0 Å². The Morgan fingerprint density at radius 3 is 2.58 bits per heavy atom. The molecule has 19 heavy (non-hydrogen) atoms. The SMILES string of the molecule is CCC1(CC)C(=O)N=C(N2CCCNCC2)NC1=O. The molecule has 0 aromatic heterocycles. The van der Waals surface area contributed by atoms with Gasteiger partial charge in [-0.25, -0.2) is 0 Å². The van der Waals surface area contributed by atoms with E-state index >= 15 is 0 Å². The van der Waals surface area contributed by atoms with Crippen LogP contribution in [0, 0.1) is 5.41 Å². The average molecular weight is 266 g/mol. The minimum atomic E-state index is -0.965. The minimum absolute atomic E-state index is 0.204. The molecule has 0 atom stereocenters. The van der Waals surface area contributed by atoms with E-state index in [2.05, 4.69) is 15.6 Å². The predicted octanol–water partition coefficient (Wildman–Crippen LogP) is 0.101. The van der Waals surface area contributed by atoms with Gasteiger partial charge in [0.1, 0.15) is 5.41 Å². The number of hydrogen-bond acceptors (Lipinski definition) is 4. The fourth-order valence-electron chi connectivity index (χ4n) is 2.63. The number of amides is 2. The summed E-state index contributed by atoms with van der Waals surface area (Å²) in [5, 5.41) is 6.11. The standard InChI is InChI=1S/C13H22N4O2/c1-3-13(4-2)10(18)15-12(16-11(13)19)17-8-5-6-14-7-9-17/h14H,3-9H2,1-2H3,(H,15,16,18,19). The van der Waals surface area contributed by atoms with Crippen molar-refractivity contribution in [1.82, 2.24) is 15.5 Å². The normalized spacial score (nSPS) is 23.7. The molecule has 1 saturated heterocycles. The van der Waals surface area contributed by atoms with Gasteiger partial charge in [-0.1, -0.05) is 13.8 Å². The minimum Gasteiger partial charge on any atom is -0.341 e. The smallest absolute Gasteiger partial charge is 0.264 e. The Bertz CT molecular complexity index is 393. The zero-order valence-corrected chi connectivity index (χ0v) is 11.7. The molecule has 0 aromatic rings. The number of carbonyl (C=O) groups excluding carboxylic acids is 2. The molecule has 106 valence electrons. The molecular formula is C13H22N4O2. The first-order valence-corrected chi connectivity index (χ1v) is 7.04. The first-order valence-electron chi connectivity index (χ1n) is 7.04. The van der Waals surface area contributed by atoms with E-state index < -0.39 is 5.41 Å². The molecule has 6 heteroatoms. The molecule has 0 saturated carbocycles. The Labute approximate surface area is 113 Å². The maximum atomic E-state index is 12.3. The second-order valence-corrected chi connectivity index (χ2v) is 5.07. The number of rotatable bonds is 2. The molecule has 0 spiro atoms. The fraction of sp³-hybridized carbons (Fsp3) is 0.769. The van der Waals surface area contributed by atoms with E-state index in [9.17, 15) is 9.59 Å². The van der Waals surface area contributed by atoms with Crippen molar-refractivity contribution >= 4 is 17.8 Å². The van der Waals surface area contributed by atoms with E-state index in [1.165, 1.54) is 0 Å². The van der Waals surface area contributed by atoms with E-state index in [4.69, 9.17) is 0 Å². The van der Waals surface area contributed by atoms with Crippen molar-refractivity contribution in [1.29, 1.82) is 0 Å². The Balaban J connectivity index is 2.21. The van der Waals surface area contributed by atoms with E-state index in [0.717, 1.165) is 32.6 Å². The molecule has 2 aliphatic rings. The number of nitrogens with one attached hydrogen (secondary N) is 2. The third-order valence-corrected chi connectivity index (χ3v) is 4.12. The molecular weight excluding hydrogens is 244 g/mol. The summed E-state index contributed by atoms with van der Waals surface area (Å²) in [6.45, 7) is 7.09. The monoisotopic (exact) mass is 266 g/mol. The van der Waals surface area contributed by atoms with Crippen LogP contribution in [0.1, 0.15) is 33.1 Å². The molecule has 2 N–H and O–H groups in total. The lowest BCUT2D eigenvalue weighted by Crippen LogP contribution is -2.57. The van der Waals surface area contributed by atoms with Crippen LogP contribution in [0.3, 0.4) is 0 Å². The summed E-state index contributed by atoms with van der Waals surface area (Å²) in [7, 11) is 0. The van der Waals surface area contributed by atoms with Crippen molar-refractivity contribution in [2.45, 2.75) is 33.1 Å². The van der Waals surface area contributed by atoms with E-state index in [-0.39, 0.29) is 11.8 Å². The van der Waals surface area contributed by atoms with Gasteiger partial charge in [0.2, 0.25) is 11.9 Å². The van der Waals surface area contributed by atoms with Gasteiger partial charge in [-0.2, -0.15) is 4.99 Å². The van der Waals surface area contributed by atoms with Gasteiger partial charge in [-0.3, -0.25) is 14.9 Å². The maximum absolute atomic E-state index is 12.3. The van der Waals surface area contributed by atoms with Gasteiger partial charge in [0, 0.05) is 19.6 Å². The third-order valence-electron chi connectivity index (χ3n) is 4.12. The second-order valence-electron chi connectivity index (χ2n) is 5.07. The van der Waals surface area contributed by atoms with Crippen LogP contribution in [-0.2, 0) is 9.59 Å². The third kappa shape index (κ3) is 2.49. The highest BCUT2D eigenvalue weighted by molar-refractivity contribution is 6.18. The number of carbonyl (C=O) groups is 2. The summed E-state index contributed by atoms with van der Waals surface area (Å²) >= 11 is 0. The van der Waals surface area contributed by atoms with Crippen LogP contribution in [0.25, 0.3) is 0 Å². The quantitative estimate of drug-likeness (QED) is 0.695. The number of guanidine groups is 1. The average Bonchev–Trinajstić information content (AvgIpc) is 2.68. The van der Waals surface area contributed by atoms with Gasteiger partial charge in [0.05, 0.1) is 0 Å². The zero-order chi connectivity index (χ0) is 13.9. The van der Waals surface area contributed by atoms with Crippen molar-refractivity contribution < 1.29 is 9.59 Å². The molecule has 0 radical (unpaired) electrons. The Morgan fingerprint density at radius 1 is 1.21 bits per heavy atom. The van der Waals surface area contributed by atoms with E-state index in [1.54, 1.807) is 0 Å². The predicted molar refractivity (Wildman–Crippen MR) is 72.7 cm³/mol. The largest absolute Gasteiger partial charge is 0.341 e. The highest BCUT2D eigenvalue weighted by Crippen LogP contribution is 2.30. The summed E-state index contributed by atoms with van der Waals surface area (Å²) in [5.41, 5.74) is -0.965. The Kier molecular flexibility index (Phi) is 4.19. The molecule has 2 heterocycles. The number of hydrogen-bond donors (Lipinski definition) is 2. The number of nitrogens with zero attached hydrogens (tertiary/aromatic N) is 2. The molecule has 0 unspecified atom stereocenters. The Hall–Kier alpha value is -1.43. The summed E-state index contributed by atoms with van der Waals surface area (Å²) in [6, 6.07) is 0. The van der Waals surface area contributed by atoms with Gasteiger partial charge in [0.15, 0.2) is 0 Å². The first kappa shape index (κ1) is 14.0. The first-order chi connectivity index (χ1) is 9.14. The lowest BCUT2D eigenvalue weighted by molar-refractivity contribution is -0.142. The van der Waals surface area contributed by atoms with Crippen LogP contribution in [0.15, 0.2) is 4.99 Å². The van der Waals surface area contributed by atoms with Crippen LogP contribution in [-0.4, -0.2) is 48.9 Å². The fourth-order valence-corrected chi connectivity index (χ4v) is 2.63. The van der Waals surface area contributed by atoms with Gasteiger partial charge in [-0.15, -0.1) is 0 Å². The second kappa shape index (κ2) is 5.69. The highest BCUT2D eigenvalue weighted by Gasteiger charge is 2.46. The van der Waals surface area contributed by atoms with Crippen LogP contribution in [0.2, 0.25) is 0 Å². The van der Waals surface area contributed by atoms with Crippen molar-refractivity contribution in [2.24, 2.45) is 10.4 Å². The zero-order valence-electron chi connectivity index (χ0n) is 11.7. The summed E-state index contributed by atoms with van der Waals surface area (Å²) in [4.78, 5) is 30.6. The number of aliphatic imine (C=N–C) groups is 1. The maximum Gasteiger partial charge on any atom is 0.264 e. The summed E-state index contributed by atoms with van der Waals surface area (Å²) < 4.78 is 0. The van der Waals surface area contributed by atoms with Crippen LogP contribution >= 0.6 is 0 Å². The topological polar surface area (TPSA) is 73.8 Å². The van der Waals surface area contributed by atoms with Gasteiger partial charge in [-0.05, 0) is 25.8 Å². The molecule has 2 amide bonds. The van der Waals surface area contributed by atoms with Crippen molar-refractivity contribution in [2.75, 3.05) is 26.2 Å². The van der Waals surface area contributed by atoms with Gasteiger partial charge in [0.25, 0.3) is 5.91 Å². The molecule has 0 aliphatic carbocycles. The molecule has 6 nitrogen and oxygen atoms in total. The summed E-state index contributed by atoms with van der Waals surface area (Å²) in [6.07, 6.45) is 1.97. The van der Waals surface area contributed by atoms with Crippen molar-refractivity contribution in [3.8, 4) is 0 Å². The van der Waals surface area contributed by atoms with Crippen LogP contribution < -0.4 is 10.6 Å². The van der Waals surface area contributed by atoms with E-state index in [0.29, 0.717) is 18.8 Å². The molecule has 0 aromatic carbocycles. The van der Waals surface area contributed by atoms with Gasteiger partial charge >= 0.3 is 0 Å². The van der Waals surface area contributed by atoms with Crippen LogP contribution in [0.4, 0.5) is 0 Å². The molecule has 2 aliphatic heterocycles. The lowest BCUT2D eigenvalue weighted by atomic mass is 9.80. The molecule has 1 fully saturated rings. The molecule has 2 rings (SSSR count).